The van der Waals surface area contributed by atoms with E-state index in [9.17, 15) is 4.79 Å². The molecule has 154 valence electrons. The van der Waals surface area contributed by atoms with E-state index in [-0.39, 0.29) is 0 Å². The van der Waals surface area contributed by atoms with Crippen molar-refractivity contribution in [3.63, 3.8) is 0 Å². The Labute approximate surface area is 172 Å². The van der Waals surface area contributed by atoms with Gasteiger partial charge in [-0.3, -0.25) is 4.79 Å². The highest BCUT2D eigenvalue weighted by atomic mass is 16.1. The van der Waals surface area contributed by atoms with E-state index < -0.39 is 0 Å². The Morgan fingerprint density at radius 2 is 1.61 bits per heavy atom. The van der Waals surface area contributed by atoms with Gasteiger partial charge < -0.3 is 0 Å². The minimum atomic E-state index is 0.301. The van der Waals surface area contributed by atoms with E-state index >= 15 is 0 Å². The van der Waals surface area contributed by atoms with Crippen molar-refractivity contribution in [1.29, 1.82) is 0 Å². The van der Waals surface area contributed by atoms with Crippen LogP contribution in [0.5, 0.6) is 0 Å². The van der Waals surface area contributed by atoms with E-state index in [1.165, 1.54) is 77.0 Å². The third kappa shape index (κ3) is 2.28. The van der Waals surface area contributed by atoms with Crippen LogP contribution in [0.4, 0.5) is 0 Å². The van der Waals surface area contributed by atoms with Crippen molar-refractivity contribution in [2.75, 3.05) is 0 Å². The van der Waals surface area contributed by atoms with Crippen LogP contribution in [0.1, 0.15) is 97.8 Å². The van der Waals surface area contributed by atoms with Crippen LogP contribution in [0.3, 0.4) is 0 Å². The molecule has 1 nitrogen and oxygen atoms in total. The summed E-state index contributed by atoms with van der Waals surface area (Å²) in [6, 6.07) is 0. The minimum absolute atomic E-state index is 0.301. The standard InChI is InChI=1S/C27H40O/c1-17(28)22-10-11-23-21-9-8-20-16-27(18-4-5-18,19-6-7-19)15-14-25(20,2)24(21)12-13-26(22,23)3/h8,18-19,21-24H,4-7,9-16H2,1-3H3/t21?,22?,23?,24?,25-,26?/m0/s1. The van der Waals surface area contributed by atoms with Crippen LogP contribution in [0, 0.1) is 51.8 Å². The van der Waals surface area contributed by atoms with Gasteiger partial charge in [-0.1, -0.05) is 25.5 Å². The largest absolute Gasteiger partial charge is 0.300 e. The smallest absolute Gasteiger partial charge is 0.133 e. The van der Waals surface area contributed by atoms with Crippen molar-refractivity contribution < 1.29 is 4.79 Å². The second-order valence-corrected chi connectivity index (χ2v) is 12.5. The number of carbonyl (C=O) groups is 1. The molecule has 5 saturated carbocycles. The lowest BCUT2D eigenvalue weighted by Gasteiger charge is -2.60. The quantitative estimate of drug-likeness (QED) is 0.484. The molecule has 0 spiro atoms. The van der Waals surface area contributed by atoms with Crippen molar-refractivity contribution >= 4 is 5.78 Å². The fraction of sp³-hybridized carbons (Fsp3) is 0.889. The van der Waals surface area contributed by atoms with Crippen LogP contribution < -0.4 is 0 Å². The number of hydrogen-bond donors (Lipinski definition) is 0. The van der Waals surface area contributed by atoms with Gasteiger partial charge in [0.1, 0.15) is 5.78 Å². The molecule has 0 aromatic heterocycles. The summed E-state index contributed by atoms with van der Waals surface area (Å²) in [6.45, 7) is 7.01. The zero-order valence-corrected chi connectivity index (χ0v) is 18.4. The zero-order chi connectivity index (χ0) is 19.3. The third-order valence-corrected chi connectivity index (χ3v) is 11.5. The van der Waals surface area contributed by atoms with Gasteiger partial charge in [-0.15, -0.1) is 0 Å². The Morgan fingerprint density at radius 3 is 2.25 bits per heavy atom. The summed E-state index contributed by atoms with van der Waals surface area (Å²) in [5.74, 6) is 5.51. The first-order valence-electron chi connectivity index (χ1n) is 12.6. The van der Waals surface area contributed by atoms with E-state index in [2.05, 4.69) is 19.9 Å². The summed E-state index contributed by atoms with van der Waals surface area (Å²) < 4.78 is 0. The van der Waals surface area contributed by atoms with Crippen LogP contribution in [-0.2, 0) is 4.79 Å². The second-order valence-electron chi connectivity index (χ2n) is 12.5. The number of rotatable bonds is 3. The molecule has 0 heterocycles. The van der Waals surface area contributed by atoms with Gasteiger partial charge in [0.05, 0.1) is 0 Å². The van der Waals surface area contributed by atoms with Crippen LogP contribution in [-0.4, -0.2) is 5.78 Å². The molecule has 6 aliphatic rings. The fourth-order valence-electron chi connectivity index (χ4n) is 9.73. The van der Waals surface area contributed by atoms with Gasteiger partial charge in [0.15, 0.2) is 0 Å². The third-order valence-electron chi connectivity index (χ3n) is 11.5. The highest BCUT2D eigenvalue weighted by Gasteiger charge is 2.63. The molecule has 6 rings (SSSR count). The Kier molecular flexibility index (Phi) is 3.74. The number of Topliss-reactive ketones (excluding diaryl/α,β-unsaturated/α-hetero) is 1. The van der Waals surface area contributed by atoms with Gasteiger partial charge in [-0.25, -0.2) is 0 Å². The van der Waals surface area contributed by atoms with Gasteiger partial charge in [-0.2, -0.15) is 0 Å². The van der Waals surface area contributed by atoms with Crippen molar-refractivity contribution in [1.82, 2.24) is 0 Å². The van der Waals surface area contributed by atoms with Crippen molar-refractivity contribution in [3.8, 4) is 0 Å². The van der Waals surface area contributed by atoms with Crippen molar-refractivity contribution in [2.24, 2.45) is 51.8 Å². The first-order valence-corrected chi connectivity index (χ1v) is 12.6. The topological polar surface area (TPSA) is 17.1 Å². The Bertz CT molecular complexity index is 713. The van der Waals surface area contributed by atoms with E-state index in [0.29, 0.717) is 27.9 Å². The molecule has 0 saturated heterocycles. The maximum atomic E-state index is 12.4. The molecule has 1 heteroatoms. The maximum Gasteiger partial charge on any atom is 0.133 e. The predicted molar refractivity (Wildman–Crippen MR) is 114 cm³/mol. The summed E-state index contributed by atoms with van der Waals surface area (Å²) in [6.07, 6.45) is 19.8. The first kappa shape index (κ1) is 18.2. The van der Waals surface area contributed by atoms with Gasteiger partial charge >= 0.3 is 0 Å². The summed E-state index contributed by atoms with van der Waals surface area (Å²) in [5, 5.41) is 0. The number of allylic oxidation sites excluding steroid dienone is 2. The van der Waals surface area contributed by atoms with E-state index in [1.807, 2.05) is 12.5 Å². The summed E-state index contributed by atoms with van der Waals surface area (Å²) >= 11 is 0. The van der Waals surface area contributed by atoms with Gasteiger partial charge in [0.25, 0.3) is 0 Å². The number of hydrogen-bond acceptors (Lipinski definition) is 1. The number of fused-ring (bicyclic) bond motifs is 5. The summed E-state index contributed by atoms with van der Waals surface area (Å²) in [4.78, 5) is 12.4. The molecule has 0 aromatic rings. The van der Waals surface area contributed by atoms with Crippen LogP contribution in [0.15, 0.2) is 11.6 Å². The molecular formula is C27H40O. The van der Waals surface area contributed by atoms with Crippen LogP contribution >= 0.6 is 0 Å². The Hall–Kier alpha value is -0.590. The first-order chi connectivity index (χ1) is 13.4. The van der Waals surface area contributed by atoms with Gasteiger partial charge in [0.2, 0.25) is 0 Å². The van der Waals surface area contributed by atoms with E-state index in [1.54, 1.807) is 0 Å². The lowest BCUT2D eigenvalue weighted by Crippen LogP contribution is -2.52. The molecule has 0 amide bonds. The molecule has 6 aliphatic carbocycles. The molecule has 0 aromatic carbocycles. The van der Waals surface area contributed by atoms with E-state index in [0.717, 1.165) is 29.6 Å². The van der Waals surface area contributed by atoms with Crippen LogP contribution in [0.2, 0.25) is 0 Å². The number of ketones is 1. The second kappa shape index (κ2) is 5.76. The molecule has 0 bridgehead atoms. The molecule has 0 N–H and O–H groups in total. The molecule has 28 heavy (non-hydrogen) atoms. The van der Waals surface area contributed by atoms with Gasteiger partial charge in [-0.05, 0) is 130 Å². The summed E-state index contributed by atoms with van der Waals surface area (Å²) in [5.41, 5.74) is 3.39. The SMILES string of the molecule is CC(=O)C1CCC2C3CC=C4CC(C5CC5)(C5CC5)CC[C@]4(C)C3CCC12C. The maximum absolute atomic E-state index is 12.4. The molecule has 6 atom stereocenters. The van der Waals surface area contributed by atoms with E-state index in [4.69, 9.17) is 0 Å². The molecular weight excluding hydrogens is 340 g/mol. The average molecular weight is 381 g/mol. The Morgan fingerprint density at radius 1 is 0.893 bits per heavy atom. The average Bonchev–Trinajstić information content (AvgIpc) is 3.56. The van der Waals surface area contributed by atoms with Gasteiger partial charge in [0, 0.05) is 5.92 Å². The lowest BCUT2D eigenvalue weighted by atomic mass is 9.45. The molecule has 0 radical (unpaired) electrons. The predicted octanol–water partition coefficient (Wildman–Crippen LogP) is 6.96. The van der Waals surface area contributed by atoms with Crippen molar-refractivity contribution in [3.05, 3.63) is 11.6 Å². The zero-order valence-electron chi connectivity index (χ0n) is 18.4. The lowest BCUT2D eigenvalue weighted by molar-refractivity contribution is -0.127. The molecule has 5 unspecified atom stereocenters. The fourth-order valence-corrected chi connectivity index (χ4v) is 9.73. The highest BCUT2D eigenvalue weighted by molar-refractivity contribution is 5.79. The normalized spacial score (nSPS) is 49.6. The Balaban J connectivity index is 1.31. The minimum Gasteiger partial charge on any atom is -0.300 e. The van der Waals surface area contributed by atoms with Crippen LogP contribution in [0.25, 0.3) is 0 Å². The number of carbonyl (C=O) groups excluding carboxylic acids is 1. The summed E-state index contributed by atoms with van der Waals surface area (Å²) in [7, 11) is 0. The van der Waals surface area contributed by atoms with Crippen molar-refractivity contribution in [2.45, 2.75) is 97.8 Å². The monoisotopic (exact) mass is 380 g/mol. The molecule has 0 aliphatic heterocycles. The highest BCUT2D eigenvalue weighted by Crippen LogP contribution is 2.72. The molecule has 5 fully saturated rings.